The number of urea groups is 1. The van der Waals surface area contributed by atoms with Crippen LogP contribution in [0.3, 0.4) is 0 Å². The van der Waals surface area contributed by atoms with E-state index < -0.39 is 0 Å². The summed E-state index contributed by atoms with van der Waals surface area (Å²) in [4.78, 5) is 18.0. The van der Waals surface area contributed by atoms with Gasteiger partial charge in [-0.05, 0) is 50.2 Å². The number of hydrogen-bond acceptors (Lipinski definition) is 4. The van der Waals surface area contributed by atoms with Crippen LogP contribution in [0.2, 0.25) is 5.02 Å². The standard InChI is InChI=1S/C19H31ClN4OS/c1-2-23-12-14-24(15-13-23)11-4-3-9-21-19(25)22-10-16-26-18-7-5-17(20)6-8-18/h5-8H,2-4,9-16H2,1H3,(H2,21,22,25). The number of piperazine rings is 1. The number of hydrogen-bond donors (Lipinski definition) is 2. The second kappa shape index (κ2) is 12.4. The topological polar surface area (TPSA) is 47.6 Å². The van der Waals surface area contributed by atoms with Crippen molar-refractivity contribution in [1.82, 2.24) is 20.4 Å². The van der Waals surface area contributed by atoms with Crippen molar-refractivity contribution >= 4 is 29.4 Å². The molecule has 2 amide bonds. The molecule has 2 rings (SSSR count). The maximum absolute atomic E-state index is 11.8. The molecule has 0 aliphatic carbocycles. The van der Waals surface area contributed by atoms with E-state index in [2.05, 4.69) is 27.4 Å². The molecule has 0 saturated carbocycles. The highest BCUT2D eigenvalue weighted by Crippen LogP contribution is 2.19. The Labute approximate surface area is 166 Å². The minimum Gasteiger partial charge on any atom is -0.338 e. The minimum absolute atomic E-state index is 0.0710. The SMILES string of the molecule is CCN1CCN(CCCCNC(=O)NCCSc2ccc(Cl)cc2)CC1. The summed E-state index contributed by atoms with van der Waals surface area (Å²) in [5.41, 5.74) is 0. The third kappa shape index (κ3) is 8.62. The first-order valence-electron chi connectivity index (χ1n) is 9.52. The number of thioether (sulfide) groups is 1. The summed E-state index contributed by atoms with van der Waals surface area (Å²) in [7, 11) is 0. The summed E-state index contributed by atoms with van der Waals surface area (Å²) in [5, 5.41) is 6.59. The molecule has 0 bridgehead atoms. The second-order valence-electron chi connectivity index (χ2n) is 6.47. The van der Waals surface area contributed by atoms with Crippen LogP contribution in [0.15, 0.2) is 29.2 Å². The first kappa shape index (κ1) is 21.4. The normalized spacial score (nSPS) is 15.8. The minimum atomic E-state index is -0.0710. The van der Waals surface area contributed by atoms with E-state index in [-0.39, 0.29) is 6.03 Å². The molecule has 1 aliphatic rings. The van der Waals surface area contributed by atoms with E-state index in [9.17, 15) is 4.79 Å². The Balaban J connectivity index is 1.42. The lowest BCUT2D eigenvalue weighted by Gasteiger charge is -2.33. The van der Waals surface area contributed by atoms with Crippen molar-refractivity contribution in [2.24, 2.45) is 0 Å². The zero-order chi connectivity index (χ0) is 18.6. The van der Waals surface area contributed by atoms with Crippen LogP contribution in [0, 0.1) is 0 Å². The molecule has 0 spiro atoms. The molecule has 1 aliphatic heterocycles. The van der Waals surface area contributed by atoms with Crippen molar-refractivity contribution in [2.75, 3.05) is 58.1 Å². The molecule has 1 aromatic carbocycles. The van der Waals surface area contributed by atoms with Crippen LogP contribution < -0.4 is 10.6 Å². The van der Waals surface area contributed by atoms with Crippen LogP contribution in [0.1, 0.15) is 19.8 Å². The molecule has 0 aromatic heterocycles. The Morgan fingerprint density at radius 2 is 1.69 bits per heavy atom. The summed E-state index contributed by atoms with van der Waals surface area (Å²) >= 11 is 7.57. The molecule has 1 aromatic rings. The largest absolute Gasteiger partial charge is 0.338 e. The van der Waals surface area contributed by atoms with Gasteiger partial charge in [-0.2, -0.15) is 0 Å². The van der Waals surface area contributed by atoms with E-state index >= 15 is 0 Å². The van der Waals surface area contributed by atoms with Gasteiger partial charge < -0.3 is 20.4 Å². The maximum atomic E-state index is 11.8. The number of unbranched alkanes of at least 4 members (excludes halogenated alkanes) is 1. The number of carbonyl (C=O) groups excluding carboxylic acids is 1. The monoisotopic (exact) mass is 398 g/mol. The molecule has 1 saturated heterocycles. The lowest BCUT2D eigenvalue weighted by Crippen LogP contribution is -2.46. The number of rotatable bonds is 10. The Morgan fingerprint density at radius 3 is 2.38 bits per heavy atom. The van der Waals surface area contributed by atoms with Crippen LogP contribution in [0.4, 0.5) is 4.79 Å². The zero-order valence-electron chi connectivity index (χ0n) is 15.7. The van der Waals surface area contributed by atoms with E-state index in [1.807, 2.05) is 24.3 Å². The second-order valence-corrected chi connectivity index (χ2v) is 8.07. The Kier molecular flexibility index (Phi) is 10.2. The van der Waals surface area contributed by atoms with Gasteiger partial charge in [0.2, 0.25) is 0 Å². The first-order chi connectivity index (χ1) is 12.7. The Morgan fingerprint density at radius 1 is 1.04 bits per heavy atom. The lowest BCUT2D eigenvalue weighted by molar-refractivity contribution is 0.135. The van der Waals surface area contributed by atoms with Gasteiger partial charge in [-0.1, -0.05) is 18.5 Å². The number of carbonyl (C=O) groups is 1. The highest BCUT2D eigenvalue weighted by Gasteiger charge is 2.14. The van der Waals surface area contributed by atoms with Gasteiger partial charge in [-0.25, -0.2) is 4.79 Å². The maximum Gasteiger partial charge on any atom is 0.314 e. The van der Waals surface area contributed by atoms with Crippen LogP contribution in [-0.4, -0.2) is 73.9 Å². The van der Waals surface area contributed by atoms with Crippen molar-refractivity contribution in [3.63, 3.8) is 0 Å². The van der Waals surface area contributed by atoms with E-state index in [1.165, 1.54) is 26.2 Å². The predicted molar refractivity (Wildman–Crippen MR) is 111 cm³/mol. The van der Waals surface area contributed by atoms with Crippen molar-refractivity contribution in [3.05, 3.63) is 29.3 Å². The number of amides is 2. The number of nitrogens with one attached hydrogen (secondary N) is 2. The van der Waals surface area contributed by atoms with Crippen LogP contribution in [-0.2, 0) is 0 Å². The fourth-order valence-corrected chi connectivity index (χ4v) is 3.81. The zero-order valence-corrected chi connectivity index (χ0v) is 17.2. The quantitative estimate of drug-likeness (QED) is 0.469. The number of nitrogens with zero attached hydrogens (tertiary/aromatic N) is 2. The average Bonchev–Trinajstić information content (AvgIpc) is 2.67. The van der Waals surface area contributed by atoms with Crippen molar-refractivity contribution in [1.29, 1.82) is 0 Å². The first-order valence-corrected chi connectivity index (χ1v) is 10.9. The van der Waals surface area contributed by atoms with Gasteiger partial charge in [0.15, 0.2) is 0 Å². The number of halogens is 1. The van der Waals surface area contributed by atoms with Gasteiger partial charge in [-0.15, -0.1) is 11.8 Å². The molecule has 0 atom stereocenters. The molecule has 0 radical (unpaired) electrons. The third-order valence-electron chi connectivity index (χ3n) is 4.57. The number of benzene rings is 1. The van der Waals surface area contributed by atoms with Crippen molar-refractivity contribution in [2.45, 2.75) is 24.7 Å². The molecule has 26 heavy (non-hydrogen) atoms. The van der Waals surface area contributed by atoms with Gasteiger partial charge >= 0.3 is 6.03 Å². The van der Waals surface area contributed by atoms with E-state index in [1.54, 1.807) is 11.8 Å². The van der Waals surface area contributed by atoms with Gasteiger partial charge in [0.05, 0.1) is 0 Å². The van der Waals surface area contributed by atoms with Crippen LogP contribution in [0.25, 0.3) is 0 Å². The Hall–Kier alpha value is -0.950. The highest BCUT2D eigenvalue weighted by atomic mass is 35.5. The van der Waals surface area contributed by atoms with Gasteiger partial charge in [0, 0.05) is 54.9 Å². The summed E-state index contributed by atoms with van der Waals surface area (Å²) < 4.78 is 0. The van der Waals surface area contributed by atoms with Crippen LogP contribution in [0.5, 0.6) is 0 Å². The van der Waals surface area contributed by atoms with E-state index in [0.717, 1.165) is 48.1 Å². The van der Waals surface area contributed by atoms with Gasteiger partial charge in [-0.3, -0.25) is 0 Å². The molecular formula is C19H31ClN4OS. The predicted octanol–water partition coefficient (Wildman–Crippen LogP) is 3.15. The lowest BCUT2D eigenvalue weighted by atomic mass is 10.2. The third-order valence-corrected chi connectivity index (χ3v) is 5.83. The molecule has 7 heteroatoms. The summed E-state index contributed by atoms with van der Waals surface area (Å²) in [6, 6.07) is 7.68. The molecule has 5 nitrogen and oxygen atoms in total. The van der Waals surface area contributed by atoms with E-state index in [4.69, 9.17) is 11.6 Å². The fourth-order valence-electron chi connectivity index (χ4n) is 2.92. The Bertz CT molecular complexity index is 521. The van der Waals surface area contributed by atoms with Crippen LogP contribution >= 0.6 is 23.4 Å². The molecule has 1 heterocycles. The molecule has 1 fully saturated rings. The highest BCUT2D eigenvalue weighted by molar-refractivity contribution is 7.99. The molecular weight excluding hydrogens is 368 g/mol. The average molecular weight is 399 g/mol. The summed E-state index contributed by atoms with van der Waals surface area (Å²) in [6.07, 6.45) is 2.17. The van der Waals surface area contributed by atoms with E-state index in [0.29, 0.717) is 6.54 Å². The molecule has 146 valence electrons. The van der Waals surface area contributed by atoms with Gasteiger partial charge in [0.1, 0.15) is 0 Å². The summed E-state index contributed by atoms with van der Waals surface area (Å²) in [5.74, 6) is 0.846. The summed E-state index contributed by atoms with van der Waals surface area (Å²) in [6.45, 7) is 10.6. The molecule has 2 N–H and O–H groups in total. The number of likely N-dealkylation sites (N-methyl/N-ethyl adjacent to an activating group) is 1. The van der Waals surface area contributed by atoms with Crippen molar-refractivity contribution in [3.8, 4) is 0 Å². The molecule has 0 unspecified atom stereocenters. The fraction of sp³-hybridized carbons (Fsp3) is 0.632. The van der Waals surface area contributed by atoms with Crippen molar-refractivity contribution < 1.29 is 4.79 Å². The smallest absolute Gasteiger partial charge is 0.314 e. The van der Waals surface area contributed by atoms with Gasteiger partial charge in [0.25, 0.3) is 0 Å².